The van der Waals surface area contributed by atoms with Gasteiger partial charge in [0, 0.05) is 24.2 Å². The summed E-state index contributed by atoms with van der Waals surface area (Å²) in [5.74, 6) is 0.403. The molecule has 0 aliphatic carbocycles. The molecule has 1 fully saturated rings. The largest absolute Gasteiger partial charge is 0.497 e. The van der Waals surface area contributed by atoms with Gasteiger partial charge in [-0.05, 0) is 44.2 Å². The second kappa shape index (κ2) is 8.63. The number of esters is 1. The average Bonchev–Trinajstić information content (AvgIpc) is 2.74. The molecular formula is C22H27NO5. The van der Waals surface area contributed by atoms with E-state index in [1.165, 1.54) is 0 Å². The van der Waals surface area contributed by atoms with Crippen molar-refractivity contribution in [1.82, 2.24) is 4.90 Å². The van der Waals surface area contributed by atoms with E-state index in [2.05, 4.69) is 4.90 Å². The maximum absolute atomic E-state index is 13.2. The molecule has 0 spiro atoms. The monoisotopic (exact) mass is 385 g/mol. The summed E-state index contributed by atoms with van der Waals surface area (Å²) in [5.41, 5.74) is -1.19. The predicted molar refractivity (Wildman–Crippen MR) is 106 cm³/mol. The maximum Gasteiger partial charge on any atom is 0.347 e. The summed E-state index contributed by atoms with van der Waals surface area (Å²) >= 11 is 0. The van der Waals surface area contributed by atoms with E-state index in [4.69, 9.17) is 14.2 Å². The van der Waals surface area contributed by atoms with Gasteiger partial charge >= 0.3 is 5.97 Å². The van der Waals surface area contributed by atoms with Gasteiger partial charge in [0.05, 0.1) is 14.2 Å². The minimum Gasteiger partial charge on any atom is -0.497 e. The van der Waals surface area contributed by atoms with Crippen LogP contribution in [0.15, 0.2) is 48.5 Å². The van der Waals surface area contributed by atoms with E-state index >= 15 is 0 Å². The topological polar surface area (TPSA) is 68.2 Å². The van der Waals surface area contributed by atoms with Gasteiger partial charge in [-0.25, -0.2) is 4.79 Å². The zero-order valence-electron chi connectivity index (χ0n) is 16.6. The summed E-state index contributed by atoms with van der Waals surface area (Å²) in [6.07, 6.45) is 1.27. The fourth-order valence-corrected chi connectivity index (χ4v) is 3.44. The fourth-order valence-electron chi connectivity index (χ4n) is 3.44. The lowest BCUT2D eigenvalue weighted by atomic mass is 9.86. The first-order valence-corrected chi connectivity index (χ1v) is 9.38. The zero-order chi connectivity index (χ0) is 20.1. The van der Waals surface area contributed by atoms with Crippen molar-refractivity contribution in [1.29, 1.82) is 0 Å². The molecule has 0 bridgehead atoms. The summed E-state index contributed by atoms with van der Waals surface area (Å²) in [6.45, 7) is 1.71. The second-order valence-corrected chi connectivity index (χ2v) is 7.08. The van der Waals surface area contributed by atoms with Crippen molar-refractivity contribution in [2.45, 2.75) is 24.5 Å². The first-order valence-electron chi connectivity index (χ1n) is 9.38. The summed E-state index contributed by atoms with van der Waals surface area (Å²) in [4.78, 5) is 15.4. The van der Waals surface area contributed by atoms with Gasteiger partial charge in [0.25, 0.3) is 0 Å². The molecule has 2 aromatic carbocycles. The quantitative estimate of drug-likeness (QED) is 0.771. The molecule has 150 valence electrons. The van der Waals surface area contributed by atoms with Crippen LogP contribution in [0.25, 0.3) is 0 Å². The third-order valence-electron chi connectivity index (χ3n) is 5.21. The number of carbonyl (C=O) groups excluding carboxylic acids is 1. The van der Waals surface area contributed by atoms with Crippen molar-refractivity contribution in [3.05, 3.63) is 59.7 Å². The van der Waals surface area contributed by atoms with Gasteiger partial charge in [0.2, 0.25) is 5.60 Å². The predicted octanol–water partition coefficient (Wildman–Crippen LogP) is 2.58. The van der Waals surface area contributed by atoms with Crippen LogP contribution in [0.4, 0.5) is 0 Å². The highest BCUT2D eigenvalue weighted by Gasteiger charge is 2.43. The number of hydrogen-bond donors (Lipinski definition) is 1. The molecule has 28 heavy (non-hydrogen) atoms. The molecule has 1 N–H and O–H groups in total. The number of rotatable bonds is 6. The van der Waals surface area contributed by atoms with Crippen LogP contribution in [0.3, 0.4) is 0 Å². The molecule has 0 atom stereocenters. The highest BCUT2D eigenvalue weighted by atomic mass is 16.6. The molecule has 0 aromatic heterocycles. The van der Waals surface area contributed by atoms with Crippen molar-refractivity contribution in [2.24, 2.45) is 0 Å². The number of benzene rings is 2. The van der Waals surface area contributed by atoms with E-state index < -0.39 is 11.6 Å². The number of ether oxygens (including phenoxy) is 3. The van der Waals surface area contributed by atoms with Gasteiger partial charge in [0.1, 0.15) is 17.6 Å². The minimum atomic E-state index is -1.97. The van der Waals surface area contributed by atoms with Crippen molar-refractivity contribution in [3.8, 4) is 11.5 Å². The van der Waals surface area contributed by atoms with Gasteiger partial charge < -0.3 is 24.2 Å². The lowest BCUT2D eigenvalue weighted by Gasteiger charge is -2.33. The molecule has 3 rings (SSSR count). The van der Waals surface area contributed by atoms with Crippen LogP contribution < -0.4 is 9.47 Å². The molecule has 1 aliphatic heterocycles. The number of likely N-dealkylation sites (tertiary alicyclic amines) is 1. The van der Waals surface area contributed by atoms with E-state index in [0.717, 1.165) is 25.9 Å². The maximum atomic E-state index is 13.2. The summed E-state index contributed by atoms with van der Waals surface area (Å²) in [7, 11) is 5.13. The van der Waals surface area contributed by atoms with E-state index in [1.54, 1.807) is 62.8 Å². The van der Waals surface area contributed by atoms with Crippen LogP contribution in [0.5, 0.6) is 11.5 Å². The normalized spacial score (nSPS) is 15.9. The molecule has 6 nitrogen and oxygen atoms in total. The second-order valence-electron chi connectivity index (χ2n) is 7.08. The van der Waals surface area contributed by atoms with Gasteiger partial charge in [0.15, 0.2) is 0 Å². The summed E-state index contributed by atoms with van der Waals surface area (Å²) in [5, 5.41) is 11.6. The standard InChI is InChI=1S/C22H27NO5/c1-23-12-10-18(11-13-23)28-21(24)22(25,16-6-4-8-19(14-16)26-2)17-7-5-9-20(15-17)27-3/h4-9,14-15,18,25H,10-13H2,1-3H3. The van der Waals surface area contributed by atoms with Crippen LogP contribution in [0, 0.1) is 0 Å². The van der Waals surface area contributed by atoms with Gasteiger partial charge in [-0.15, -0.1) is 0 Å². The smallest absolute Gasteiger partial charge is 0.347 e. The molecule has 1 aliphatic rings. The van der Waals surface area contributed by atoms with Crippen molar-refractivity contribution in [2.75, 3.05) is 34.4 Å². The highest BCUT2D eigenvalue weighted by molar-refractivity contribution is 5.86. The highest BCUT2D eigenvalue weighted by Crippen LogP contribution is 2.35. The molecule has 1 heterocycles. The zero-order valence-corrected chi connectivity index (χ0v) is 16.6. The van der Waals surface area contributed by atoms with Gasteiger partial charge in [-0.1, -0.05) is 24.3 Å². The molecule has 0 amide bonds. The van der Waals surface area contributed by atoms with Crippen LogP contribution in [0.1, 0.15) is 24.0 Å². The van der Waals surface area contributed by atoms with E-state index in [-0.39, 0.29) is 6.10 Å². The van der Waals surface area contributed by atoms with Crippen molar-refractivity contribution < 1.29 is 24.1 Å². The van der Waals surface area contributed by atoms with Gasteiger partial charge in [-0.3, -0.25) is 0 Å². The molecule has 2 aromatic rings. The first kappa shape index (κ1) is 20.2. The fraction of sp³-hybridized carbons (Fsp3) is 0.409. The number of nitrogens with zero attached hydrogens (tertiary/aromatic N) is 1. The Hall–Kier alpha value is -2.57. The van der Waals surface area contributed by atoms with E-state index in [1.807, 2.05) is 7.05 Å². The van der Waals surface area contributed by atoms with Crippen LogP contribution in [-0.4, -0.2) is 56.4 Å². The van der Waals surface area contributed by atoms with Crippen LogP contribution in [0.2, 0.25) is 0 Å². The molecule has 6 heteroatoms. The Kier molecular flexibility index (Phi) is 6.21. The minimum absolute atomic E-state index is 0.216. The Balaban J connectivity index is 1.99. The van der Waals surface area contributed by atoms with Crippen molar-refractivity contribution >= 4 is 5.97 Å². The van der Waals surface area contributed by atoms with E-state index in [9.17, 15) is 9.90 Å². The number of methoxy groups -OCH3 is 2. The lowest BCUT2D eigenvalue weighted by Crippen LogP contribution is -2.43. The van der Waals surface area contributed by atoms with Crippen LogP contribution in [-0.2, 0) is 15.1 Å². The Labute approximate surface area is 165 Å². The van der Waals surface area contributed by atoms with Crippen LogP contribution >= 0.6 is 0 Å². The summed E-state index contributed by atoms with van der Waals surface area (Å²) < 4.78 is 16.3. The molecule has 0 unspecified atom stereocenters. The molecular weight excluding hydrogens is 358 g/mol. The van der Waals surface area contributed by atoms with Gasteiger partial charge in [-0.2, -0.15) is 0 Å². The van der Waals surface area contributed by atoms with E-state index in [0.29, 0.717) is 22.6 Å². The number of carbonyl (C=O) groups is 1. The SMILES string of the molecule is COc1cccc(C(O)(C(=O)OC2CCN(C)CC2)c2cccc(OC)c2)c1. The third kappa shape index (κ3) is 4.13. The summed E-state index contributed by atoms with van der Waals surface area (Å²) in [6, 6.07) is 13.7. The Bertz CT molecular complexity index is 767. The Morgan fingerprint density at radius 3 is 1.96 bits per heavy atom. The van der Waals surface area contributed by atoms with Crippen molar-refractivity contribution in [3.63, 3.8) is 0 Å². The Morgan fingerprint density at radius 1 is 1.00 bits per heavy atom. The molecule has 0 saturated carbocycles. The first-order chi connectivity index (χ1) is 13.5. The number of piperidine rings is 1. The third-order valence-corrected chi connectivity index (χ3v) is 5.21. The molecule has 1 saturated heterocycles. The number of hydrogen-bond acceptors (Lipinski definition) is 6. The lowest BCUT2D eigenvalue weighted by molar-refractivity contribution is -0.169. The average molecular weight is 385 g/mol. The molecule has 0 radical (unpaired) electrons. The number of aliphatic hydroxyl groups is 1. The Morgan fingerprint density at radius 2 is 1.50 bits per heavy atom.